The van der Waals surface area contributed by atoms with Crippen LogP contribution in [0.5, 0.6) is 0 Å². The van der Waals surface area contributed by atoms with E-state index in [4.69, 9.17) is 9.26 Å². The van der Waals surface area contributed by atoms with Crippen LogP contribution in [0, 0.1) is 5.92 Å². The molecule has 0 saturated carbocycles. The van der Waals surface area contributed by atoms with E-state index in [0.717, 1.165) is 18.6 Å². The maximum atomic E-state index is 11.9. The van der Waals surface area contributed by atoms with E-state index in [-0.39, 0.29) is 25.2 Å². The molecule has 0 aliphatic carbocycles. The van der Waals surface area contributed by atoms with Crippen molar-refractivity contribution in [1.82, 2.24) is 5.32 Å². The van der Waals surface area contributed by atoms with Crippen molar-refractivity contribution in [2.24, 2.45) is 5.92 Å². The maximum Gasteiger partial charge on any atom is 0.407 e. The number of carbonyl (C=O) groups excluding carboxylic acids is 1. The highest BCUT2D eigenvalue weighted by atomic mass is 31.2. The van der Waals surface area contributed by atoms with Crippen LogP contribution in [0.15, 0.2) is 30.3 Å². The normalized spacial score (nSPS) is 16.4. The Bertz CT molecular complexity index is 502. The van der Waals surface area contributed by atoms with E-state index in [2.05, 4.69) is 5.32 Å². The standard InChI is InChI=1S/C15H24NO5P/c1-4-12(2)14(11-21-22(3,18)19)16-15(17)20-10-13-8-6-5-7-9-13/h5-9,12,14H,4,10-11H2,1-3H3,(H,16,17)(H,18,19). The summed E-state index contributed by atoms with van der Waals surface area (Å²) < 4.78 is 21.3. The first kappa shape index (κ1) is 18.7. The minimum Gasteiger partial charge on any atom is -0.445 e. The summed E-state index contributed by atoms with van der Waals surface area (Å²) in [6, 6.07) is 8.97. The Hall–Kier alpha value is -1.36. The molecule has 0 heterocycles. The first-order valence-electron chi connectivity index (χ1n) is 7.24. The molecular formula is C15H24NO5P. The molecule has 2 N–H and O–H groups in total. The molecule has 0 bridgehead atoms. The number of alkyl carbamates (subject to hydrolysis) is 1. The van der Waals surface area contributed by atoms with Crippen molar-refractivity contribution in [2.75, 3.05) is 13.3 Å². The molecule has 1 rings (SSSR count). The highest BCUT2D eigenvalue weighted by Crippen LogP contribution is 2.36. The zero-order valence-corrected chi connectivity index (χ0v) is 14.1. The van der Waals surface area contributed by atoms with Crippen LogP contribution in [0.25, 0.3) is 0 Å². The highest BCUT2D eigenvalue weighted by molar-refractivity contribution is 7.51. The molecule has 3 unspecified atom stereocenters. The van der Waals surface area contributed by atoms with Crippen LogP contribution >= 0.6 is 7.60 Å². The lowest BCUT2D eigenvalue weighted by Crippen LogP contribution is -2.42. The van der Waals surface area contributed by atoms with Gasteiger partial charge in [-0.05, 0) is 11.5 Å². The van der Waals surface area contributed by atoms with Gasteiger partial charge >= 0.3 is 13.7 Å². The zero-order valence-electron chi connectivity index (χ0n) is 13.2. The third-order valence-electron chi connectivity index (χ3n) is 3.34. The zero-order chi connectivity index (χ0) is 16.6. The lowest BCUT2D eigenvalue weighted by atomic mass is 10.0. The van der Waals surface area contributed by atoms with Crippen LogP contribution in [0.3, 0.4) is 0 Å². The van der Waals surface area contributed by atoms with Gasteiger partial charge in [0.2, 0.25) is 0 Å². The van der Waals surface area contributed by atoms with Gasteiger partial charge in [0.1, 0.15) is 6.61 Å². The molecule has 6 nitrogen and oxygen atoms in total. The predicted octanol–water partition coefficient (Wildman–Crippen LogP) is 3.16. The van der Waals surface area contributed by atoms with Gasteiger partial charge in [0.15, 0.2) is 0 Å². The number of ether oxygens (including phenoxy) is 1. The van der Waals surface area contributed by atoms with Crippen LogP contribution in [0.4, 0.5) is 4.79 Å². The minimum absolute atomic E-state index is 0.0281. The lowest BCUT2D eigenvalue weighted by molar-refractivity contribution is 0.122. The van der Waals surface area contributed by atoms with Gasteiger partial charge in [-0.3, -0.25) is 4.57 Å². The highest BCUT2D eigenvalue weighted by Gasteiger charge is 2.22. The molecule has 1 aromatic rings. The summed E-state index contributed by atoms with van der Waals surface area (Å²) in [5.41, 5.74) is 0.891. The molecule has 0 spiro atoms. The van der Waals surface area contributed by atoms with Crippen LogP contribution in [-0.2, 0) is 20.4 Å². The van der Waals surface area contributed by atoms with Gasteiger partial charge in [-0.1, -0.05) is 50.6 Å². The fraction of sp³-hybridized carbons (Fsp3) is 0.533. The van der Waals surface area contributed by atoms with E-state index >= 15 is 0 Å². The molecule has 1 amide bonds. The molecule has 0 aliphatic rings. The quantitative estimate of drug-likeness (QED) is 0.716. The molecular weight excluding hydrogens is 305 g/mol. The van der Waals surface area contributed by atoms with E-state index in [1.807, 2.05) is 44.2 Å². The van der Waals surface area contributed by atoms with Crippen molar-refractivity contribution >= 4 is 13.7 Å². The average molecular weight is 329 g/mol. The van der Waals surface area contributed by atoms with Gasteiger partial charge in [0.25, 0.3) is 0 Å². The van der Waals surface area contributed by atoms with Crippen LogP contribution in [-0.4, -0.2) is 30.3 Å². The summed E-state index contributed by atoms with van der Waals surface area (Å²) in [5, 5.41) is 2.69. The second-order valence-corrected chi connectivity index (χ2v) is 7.16. The summed E-state index contributed by atoms with van der Waals surface area (Å²) >= 11 is 0. The third kappa shape index (κ3) is 7.59. The number of benzene rings is 1. The van der Waals surface area contributed by atoms with E-state index in [0.29, 0.717) is 0 Å². The van der Waals surface area contributed by atoms with Gasteiger partial charge in [-0.2, -0.15) is 0 Å². The van der Waals surface area contributed by atoms with Crippen LogP contribution < -0.4 is 5.32 Å². The molecule has 124 valence electrons. The second-order valence-electron chi connectivity index (χ2n) is 5.30. The van der Waals surface area contributed by atoms with Crippen molar-refractivity contribution in [3.8, 4) is 0 Å². The van der Waals surface area contributed by atoms with Crippen molar-refractivity contribution in [2.45, 2.75) is 32.9 Å². The van der Waals surface area contributed by atoms with Crippen LogP contribution in [0.1, 0.15) is 25.8 Å². The molecule has 1 aromatic carbocycles. The fourth-order valence-corrected chi connectivity index (χ4v) is 2.20. The summed E-state index contributed by atoms with van der Waals surface area (Å²) in [5.74, 6) is 0.0934. The monoisotopic (exact) mass is 329 g/mol. The Balaban J connectivity index is 2.49. The Morgan fingerprint density at radius 3 is 2.55 bits per heavy atom. The van der Waals surface area contributed by atoms with Crippen molar-refractivity contribution in [1.29, 1.82) is 0 Å². The molecule has 22 heavy (non-hydrogen) atoms. The summed E-state index contributed by atoms with van der Waals surface area (Å²) in [6.07, 6.45) is 0.230. The summed E-state index contributed by atoms with van der Waals surface area (Å²) in [7, 11) is -3.57. The van der Waals surface area contributed by atoms with Gasteiger partial charge < -0.3 is 19.5 Å². The number of hydrogen-bond donors (Lipinski definition) is 2. The van der Waals surface area contributed by atoms with Crippen LogP contribution in [0.2, 0.25) is 0 Å². The largest absolute Gasteiger partial charge is 0.445 e. The fourth-order valence-electron chi connectivity index (χ4n) is 1.77. The second kappa shape index (κ2) is 8.93. The average Bonchev–Trinajstić information content (AvgIpc) is 2.48. The number of amides is 1. The van der Waals surface area contributed by atoms with Gasteiger partial charge in [-0.15, -0.1) is 0 Å². The van der Waals surface area contributed by atoms with Gasteiger partial charge in [0, 0.05) is 6.66 Å². The maximum absolute atomic E-state index is 11.9. The van der Waals surface area contributed by atoms with Crippen molar-refractivity contribution < 1.29 is 23.5 Å². The first-order valence-corrected chi connectivity index (χ1v) is 9.26. The van der Waals surface area contributed by atoms with Crippen molar-refractivity contribution in [3.63, 3.8) is 0 Å². The molecule has 0 aromatic heterocycles. The number of hydrogen-bond acceptors (Lipinski definition) is 4. The molecule has 3 atom stereocenters. The van der Waals surface area contributed by atoms with Gasteiger partial charge in [-0.25, -0.2) is 4.79 Å². The summed E-state index contributed by atoms with van der Waals surface area (Å²) in [6.45, 7) is 5.17. The Kier molecular flexibility index (Phi) is 7.59. The Morgan fingerprint density at radius 2 is 2.00 bits per heavy atom. The molecule has 0 aliphatic heterocycles. The molecule has 0 saturated heterocycles. The molecule has 0 fully saturated rings. The lowest BCUT2D eigenvalue weighted by Gasteiger charge is -2.24. The van der Waals surface area contributed by atoms with Crippen molar-refractivity contribution in [3.05, 3.63) is 35.9 Å². The third-order valence-corrected chi connectivity index (χ3v) is 3.97. The van der Waals surface area contributed by atoms with Gasteiger partial charge in [0.05, 0.1) is 12.6 Å². The SMILES string of the molecule is CCC(C)C(COP(C)(=O)O)NC(=O)OCc1ccccc1. The number of rotatable bonds is 8. The number of nitrogens with one attached hydrogen (secondary N) is 1. The van der Waals surface area contributed by atoms with E-state index in [1.165, 1.54) is 0 Å². The molecule has 0 radical (unpaired) electrons. The van der Waals surface area contributed by atoms with E-state index in [1.54, 1.807) is 0 Å². The number of carbonyl (C=O) groups is 1. The smallest absolute Gasteiger partial charge is 0.407 e. The van der Waals surface area contributed by atoms with E-state index < -0.39 is 13.7 Å². The van der Waals surface area contributed by atoms with E-state index in [9.17, 15) is 14.3 Å². The minimum atomic E-state index is -3.57. The Morgan fingerprint density at radius 1 is 1.36 bits per heavy atom. The summed E-state index contributed by atoms with van der Waals surface area (Å²) in [4.78, 5) is 21.0. The molecule has 7 heteroatoms. The predicted molar refractivity (Wildman–Crippen MR) is 84.7 cm³/mol. The Labute approximate surface area is 131 Å². The topological polar surface area (TPSA) is 84.9 Å². The first-order chi connectivity index (χ1) is 10.3.